The van der Waals surface area contributed by atoms with Crippen LogP contribution in [0.15, 0.2) is 36.4 Å². The summed E-state index contributed by atoms with van der Waals surface area (Å²) >= 11 is 0. The number of rotatable bonds is 2. The maximum absolute atomic E-state index is 10.8. The minimum Gasteiger partial charge on any atom is -0.347 e. The van der Waals surface area contributed by atoms with Gasteiger partial charge in [-0.25, -0.2) is 0 Å². The molecule has 2 nitrogen and oxygen atoms in total. The predicted octanol–water partition coefficient (Wildman–Crippen LogP) is 2.81. The number of hydrogen-bond acceptors (Lipinski definition) is 1. The number of aromatic nitrogens is 1. The fraction of sp³-hybridized carbons (Fsp3) is 0.154. The normalized spacial score (nSPS) is 10.3. The number of carbonyl (C=O) groups is 1. The van der Waals surface area contributed by atoms with E-state index < -0.39 is 0 Å². The third-order valence-electron chi connectivity index (χ3n) is 2.77. The molecule has 0 saturated heterocycles. The molecule has 0 radical (unpaired) electrons. The number of carbonyl (C=O) groups excluding carboxylic acids is 1. The Morgan fingerprint density at radius 2 is 1.87 bits per heavy atom. The molecule has 2 aromatic rings. The molecule has 1 aromatic heterocycles. The first-order chi connectivity index (χ1) is 7.24. The second-order valence-corrected chi connectivity index (χ2v) is 3.61. The van der Waals surface area contributed by atoms with Gasteiger partial charge in [0.05, 0.1) is 0 Å². The lowest BCUT2D eigenvalue weighted by Crippen LogP contribution is -1.94. The number of hydrogen-bond donors (Lipinski definition) is 0. The highest BCUT2D eigenvalue weighted by Crippen LogP contribution is 2.23. The van der Waals surface area contributed by atoms with Gasteiger partial charge in [0.15, 0.2) is 6.29 Å². The van der Waals surface area contributed by atoms with E-state index in [1.807, 2.05) is 54.9 Å². The molecule has 0 amide bonds. The lowest BCUT2D eigenvalue weighted by Gasteiger charge is -2.04. The Balaban J connectivity index is 2.59. The maximum atomic E-state index is 10.8. The van der Waals surface area contributed by atoms with E-state index in [-0.39, 0.29) is 0 Å². The molecule has 76 valence electrons. The summed E-state index contributed by atoms with van der Waals surface area (Å²) in [5.41, 5.74) is 3.98. The van der Waals surface area contributed by atoms with E-state index in [0.29, 0.717) is 0 Å². The van der Waals surface area contributed by atoms with Crippen LogP contribution in [0.3, 0.4) is 0 Å². The topological polar surface area (TPSA) is 22.0 Å². The van der Waals surface area contributed by atoms with Crippen LogP contribution in [-0.2, 0) is 7.05 Å². The van der Waals surface area contributed by atoms with Crippen LogP contribution in [0.4, 0.5) is 0 Å². The average molecular weight is 199 g/mol. The van der Waals surface area contributed by atoms with E-state index in [0.717, 1.165) is 28.8 Å². The number of aldehydes is 1. The van der Waals surface area contributed by atoms with Crippen LogP contribution in [-0.4, -0.2) is 10.9 Å². The fourth-order valence-corrected chi connectivity index (χ4v) is 1.73. The lowest BCUT2D eigenvalue weighted by atomic mass is 10.1. The zero-order valence-electron chi connectivity index (χ0n) is 8.90. The van der Waals surface area contributed by atoms with E-state index in [1.54, 1.807) is 0 Å². The highest BCUT2D eigenvalue weighted by Gasteiger charge is 2.08. The maximum Gasteiger partial charge on any atom is 0.151 e. The average Bonchev–Trinajstić information content (AvgIpc) is 2.57. The summed E-state index contributed by atoms with van der Waals surface area (Å²) in [6, 6.07) is 12.0. The highest BCUT2D eigenvalue weighted by molar-refractivity contribution is 5.80. The molecule has 2 rings (SSSR count). The van der Waals surface area contributed by atoms with Crippen LogP contribution >= 0.6 is 0 Å². The molecule has 0 fully saturated rings. The van der Waals surface area contributed by atoms with Crippen molar-refractivity contribution in [1.82, 2.24) is 4.57 Å². The molecule has 0 spiro atoms. The Bertz CT molecular complexity index is 483. The zero-order valence-corrected chi connectivity index (χ0v) is 8.90. The molecule has 0 aliphatic rings. The summed E-state index contributed by atoms with van der Waals surface area (Å²) in [5.74, 6) is 0. The van der Waals surface area contributed by atoms with Crippen molar-refractivity contribution in [3.8, 4) is 11.3 Å². The number of nitrogens with zero attached hydrogens (tertiary/aromatic N) is 1. The first kappa shape index (κ1) is 9.71. The molecule has 0 saturated carbocycles. The van der Waals surface area contributed by atoms with Crippen molar-refractivity contribution < 1.29 is 4.79 Å². The van der Waals surface area contributed by atoms with Crippen molar-refractivity contribution in [1.29, 1.82) is 0 Å². The monoisotopic (exact) mass is 199 g/mol. The van der Waals surface area contributed by atoms with Gasteiger partial charge < -0.3 is 4.57 Å². The third kappa shape index (κ3) is 1.59. The summed E-state index contributed by atoms with van der Waals surface area (Å²) in [6.07, 6.45) is 0.905. The molecule has 0 bridgehead atoms. The summed E-state index contributed by atoms with van der Waals surface area (Å²) in [5, 5.41) is 0. The molecule has 2 heteroatoms. The van der Waals surface area contributed by atoms with Crippen molar-refractivity contribution in [2.24, 2.45) is 7.05 Å². The van der Waals surface area contributed by atoms with Crippen LogP contribution in [0, 0.1) is 6.92 Å². The van der Waals surface area contributed by atoms with Gasteiger partial charge in [0.1, 0.15) is 0 Å². The van der Waals surface area contributed by atoms with Crippen molar-refractivity contribution in [2.45, 2.75) is 6.92 Å². The molecule has 1 heterocycles. The van der Waals surface area contributed by atoms with E-state index in [2.05, 4.69) is 0 Å². The molecule has 1 aromatic carbocycles. The van der Waals surface area contributed by atoms with Gasteiger partial charge in [0.25, 0.3) is 0 Å². The molecule has 0 atom stereocenters. The largest absolute Gasteiger partial charge is 0.347 e. The minimum atomic E-state index is 0.761. The SMILES string of the molecule is Cc1c(C=O)cc(-c2ccccc2)n1C. The predicted molar refractivity (Wildman–Crippen MR) is 61.0 cm³/mol. The van der Waals surface area contributed by atoms with Crippen molar-refractivity contribution >= 4 is 6.29 Å². The Hall–Kier alpha value is -1.83. The van der Waals surface area contributed by atoms with Crippen LogP contribution in [0.5, 0.6) is 0 Å². The molecular formula is C13H13NO. The lowest BCUT2D eigenvalue weighted by molar-refractivity contribution is 0.112. The van der Waals surface area contributed by atoms with Gasteiger partial charge in [0, 0.05) is 24.0 Å². The molecular weight excluding hydrogens is 186 g/mol. The smallest absolute Gasteiger partial charge is 0.151 e. The van der Waals surface area contributed by atoms with Gasteiger partial charge >= 0.3 is 0 Å². The van der Waals surface area contributed by atoms with E-state index >= 15 is 0 Å². The Labute approximate surface area is 89.2 Å². The molecule has 0 N–H and O–H groups in total. The van der Waals surface area contributed by atoms with Crippen molar-refractivity contribution in [2.75, 3.05) is 0 Å². The van der Waals surface area contributed by atoms with Gasteiger partial charge in [-0.1, -0.05) is 30.3 Å². The van der Waals surface area contributed by atoms with Crippen LogP contribution in [0.1, 0.15) is 16.1 Å². The Kier molecular flexibility index (Phi) is 2.42. The van der Waals surface area contributed by atoms with Gasteiger partial charge in [-0.3, -0.25) is 4.79 Å². The minimum absolute atomic E-state index is 0.761. The summed E-state index contributed by atoms with van der Waals surface area (Å²) < 4.78 is 2.04. The fourth-order valence-electron chi connectivity index (χ4n) is 1.73. The Morgan fingerprint density at radius 3 is 2.40 bits per heavy atom. The van der Waals surface area contributed by atoms with Gasteiger partial charge in [-0.05, 0) is 18.6 Å². The molecule has 0 unspecified atom stereocenters. The third-order valence-corrected chi connectivity index (χ3v) is 2.77. The standard InChI is InChI=1S/C13H13NO/c1-10-12(9-15)8-13(14(10)2)11-6-4-3-5-7-11/h3-9H,1-2H3. The molecule has 15 heavy (non-hydrogen) atoms. The van der Waals surface area contributed by atoms with Crippen LogP contribution in [0.2, 0.25) is 0 Å². The van der Waals surface area contributed by atoms with Crippen molar-refractivity contribution in [3.05, 3.63) is 47.7 Å². The van der Waals surface area contributed by atoms with Crippen molar-refractivity contribution in [3.63, 3.8) is 0 Å². The highest BCUT2D eigenvalue weighted by atomic mass is 16.1. The molecule has 0 aliphatic carbocycles. The van der Waals surface area contributed by atoms with E-state index in [1.165, 1.54) is 0 Å². The first-order valence-electron chi connectivity index (χ1n) is 4.91. The molecule has 0 aliphatic heterocycles. The zero-order chi connectivity index (χ0) is 10.8. The second-order valence-electron chi connectivity index (χ2n) is 3.61. The Morgan fingerprint density at radius 1 is 1.20 bits per heavy atom. The second kappa shape index (κ2) is 3.73. The van der Waals surface area contributed by atoms with Gasteiger partial charge in [0.2, 0.25) is 0 Å². The summed E-state index contributed by atoms with van der Waals surface area (Å²) in [6.45, 7) is 1.95. The first-order valence-corrected chi connectivity index (χ1v) is 4.91. The van der Waals surface area contributed by atoms with Gasteiger partial charge in [-0.15, -0.1) is 0 Å². The van der Waals surface area contributed by atoms with E-state index in [4.69, 9.17) is 0 Å². The van der Waals surface area contributed by atoms with Gasteiger partial charge in [-0.2, -0.15) is 0 Å². The summed E-state index contributed by atoms with van der Waals surface area (Å²) in [4.78, 5) is 10.8. The van der Waals surface area contributed by atoms with Crippen LogP contribution in [0.25, 0.3) is 11.3 Å². The summed E-state index contributed by atoms with van der Waals surface area (Å²) in [7, 11) is 1.98. The number of benzene rings is 1. The quantitative estimate of drug-likeness (QED) is 0.682. The van der Waals surface area contributed by atoms with Crippen LogP contribution < -0.4 is 0 Å². The van der Waals surface area contributed by atoms with E-state index in [9.17, 15) is 4.79 Å².